The summed E-state index contributed by atoms with van der Waals surface area (Å²) in [6.07, 6.45) is 6.26. The van der Waals surface area contributed by atoms with Gasteiger partial charge in [0.2, 0.25) is 0 Å². The normalized spacial score (nSPS) is 15.3. The van der Waals surface area contributed by atoms with Crippen molar-refractivity contribution >= 4 is 17.2 Å². The zero-order chi connectivity index (χ0) is 22.3. The number of hydrogen-bond acceptors (Lipinski definition) is 3. The van der Waals surface area contributed by atoms with Crippen molar-refractivity contribution in [3.8, 4) is 22.4 Å². The Balaban J connectivity index is 1.67. The molecule has 0 atom stereocenters. The van der Waals surface area contributed by atoms with Crippen molar-refractivity contribution in [3.05, 3.63) is 84.2 Å². The predicted molar refractivity (Wildman–Crippen MR) is 131 cm³/mol. The summed E-state index contributed by atoms with van der Waals surface area (Å²) < 4.78 is 0. The average molecular weight is 421 g/mol. The molecule has 0 aliphatic heterocycles. The van der Waals surface area contributed by atoms with Gasteiger partial charge >= 0.3 is 0 Å². The number of aromatic nitrogens is 2. The van der Waals surface area contributed by atoms with Crippen LogP contribution in [0.15, 0.2) is 72.9 Å². The fourth-order valence-electron chi connectivity index (χ4n) is 5.22. The lowest BCUT2D eigenvalue weighted by atomic mass is 9.52. The summed E-state index contributed by atoms with van der Waals surface area (Å²) in [5, 5.41) is 0.780. The third-order valence-electron chi connectivity index (χ3n) is 7.32. The molecule has 2 heterocycles. The second-order valence-electron chi connectivity index (χ2n) is 9.89. The van der Waals surface area contributed by atoms with Crippen molar-refractivity contribution in [2.24, 2.45) is 5.41 Å². The highest BCUT2D eigenvalue weighted by Gasteiger charge is 2.47. The van der Waals surface area contributed by atoms with E-state index in [1.165, 1.54) is 24.8 Å². The van der Waals surface area contributed by atoms with Gasteiger partial charge in [0.05, 0.1) is 11.2 Å². The molecule has 4 aromatic rings. The van der Waals surface area contributed by atoms with E-state index in [0.29, 0.717) is 5.69 Å². The summed E-state index contributed by atoms with van der Waals surface area (Å²) in [7, 11) is 0. The number of pyridine rings is 2. The minimum atomic E-state index is 0.237. The summed E-state index contributed by atoms with van der Waals surface area (Å²) in [5.74, 6) is 0. The Labute approximate surface area is 189 Å². The first-order valence-corrected chi connectivity index (χ1v) is 11.3. The van der Waals surface area contributed by atoms with E-state index in [2.05, 4.69) is 68.2 Å². The Bertz CT molecular complexity index is 1280. The van der Waals surface area contributed by atoms with E-state index in [0.717, 1.165) is 39.6 Å². The maximum atomic E-state index is 11.6. The maximum Gasteiger partial charge on any atom is 0.169 e. The van der Waals surface area contributed by atoms with E-state index in [-0.39, 0.29) is 10.8 Å². The summed E-state index contributed by atoms with van der Waals surface area (Å²) in [6, 6.07) is 23.2. The highest BCUT2D eigenvalue weighted by Crippen LogP contribution is 2.55. The minimum absolute atomic E-state index is 0.237. The monoisotopic (exact) mass is 420 g/mol. The lowest BCUT2D eigenvalue weighted by molar-refractivity contribution is 0.0852. The quantitative estimate of drug-likeness (QED) is 0.327. The molecule has 32 heavy (non-hydrogen) atoms. The molecular weight excluding hydrogens is 392 g/mol. The maximum absolute atomic E-state index is 11.6. The third kappa shape index (κ3) is 3.24. The highest BCUT2D eigenvalue weighted by molar-refractivity contribution is 5.99. The molecule has 1 aliphatic carbocycles. The molecule has 1 saturated carbocycles. The van der Waals surface area contributed by atoms with Crippen molar-refractivity contribution in [2.45, 2.75) is 45.4 Å². The van der Waals surface area contributed by atoms with Crippen molar-refractivity contribution in [1.29, 1.82) is 0 Å². The third-order valence-corrected chi connectivity index (χ3v) is 7.32. The van der Waals surface area contributed by atoms with Gasteiger partial charge in [-0.25, -0.2) is 4.98 Å². The second kappa shape index (κ2) is 7.67. The Kier molecular flexibility index (Phi) is 4.93. The Morgan fingerprint density at radius 1 is 0.906 bits per heavy atom. The molecule has 0 saturated heterocycles. The summed E-state index contributed by atoms with van der Waals surface area (Å²) in [6.45, 7) is 7.07. The van der Waals surface area contributed by atoms with Gasteiger partial charge in [-0.1, -0.05) is 81.8 Å². The number of nitrogens with zero attached hydrogens (tertiary/aromatic N) is 2. The number of rotatable bonds is 4. The lowest BCUT2D eigenvalue weighted by Gasteiger charge is -2.52. The zero-order valence-electron chi connectivity index (χ0n) is 18.9. The molecule has 0 unspecified atom stereocenters. The SMILES string of the molecule is CC(C)(C)C1(c2ccc(-c3nc4ccnc(C=O)c4cc3-c3ccccc3)cc2)CCC1. The summed E-state index contributed by atoms with van der Waals surface area (Å²) in [4.78, 5) is 20.8. The molecule has 3 heteroatoms. The average Bonchev–Trinajstić information content (AvgIpc) is 2.77. The summed E-state index contributed by atoms with van der Waals surface area (Å²) in [5.41, 5.74) is 7.23. The van der Waals surface area contributed by atoms with Gasteiger partial charge in [0, 0.05) is 28.1 Å². The van der Waals surface area contributed by atoms with E-state index in [4.69, 9.17) is 4.98 Å². The van der Waals surface area contributed by atoms with Crippen LogP contribution in [-0.2, 0) is 5.41 Å². The minimum Gasteiger partial charge on any atom is -0.296 e. The molecule has 2 aromatic carbocycles. The number of benzene rings is 2. The highest BCUT2D eigenvalue weighted by atomic mass is 16.1. The fraction of sp³-hybridized carbons (Fsp3) is 0.276. The first kappa shape index (κ1) is 20.6. The first-order chi connectivity index (χ1) is 15.4. The smallest absolute Gasteiger partial charge is 0.169 e. The van der Waals surface area contributed by atoms with Crippen LogP contribution in [0, 0.1) is 5.41 Å². The van der Waals surface area contributed by atoms with Crippen LogP contribution in [0.3, 0.4) is 0 Å². The van der Waals surface area contributed by atoms with E-state index in [1.54, 1.807) is 6.20 Å². The zero-order valence-corrected chi connectivity index (χ0v) is 18.9. The molecule has 5 rings (SSSR count). The summed E-state index contributed by atoms with van der Waals surface area (Å²) >= 11 is 0. The Hall–Kier alpha value is -3.33. The van der Waals surface area contributed by atoms with Gasteiger partial charge in [-0.3, -0.25) is 9.78 Å². The first-order valence-electron chi connectivity index (χ1n) is 11.3. The molecule has 3 nitrogen and oxygen atoms in total. The van der Waals surface area contributed by atoms with Crippen LogP contribution in [0.25, 0.3) is 33.3 Å². The molecule has 0 spiro atoms. The number of carbonyl (C=O) groups is 1. The van der Waals surface area contributed by atoms with Gasteiger partial charge < -0.3 is 0 Å². The topological polar surface area (TPSA) is 42.9 Å². The van der Waals surface area contributed by atoms with Crippen LogP contribution in [0.4, 0.5) is 0 Å². The molecule has 0 bridgehead atoms. The predicted octanol–water partition coefficient (Wildman–Crippen LogP) is 7.24. The van der Waals surface area contributed by atoms with E-state index < -0.39 is 0 Å². The van der Waals surface area contributed by atoms with E-state index in [9.17, 15) is 4.79 Å². The van der Waals surface area contributed by atoms with Crippen LogP contribution in [-0.4, -0.2) is 16.3 Å². The fourth-order valence-corrected chi connectivity index (χ4v) is 5.22. The molecule has 1 aliphatic rings. The van der Waals surface area contributed by atoms with Crippen LogP contribution >= 0.6 is 0 Å². The molecule has 0 N–H and O–H groups in total. The van der Waals surface area contributed by atoms with Crippen molar-refractivity contribution < 1.29 is 4.79 Å². The second-order valence-corrected chi connectivity index (χ2v) is 9.89. The number of aldehydes is 1. The Morgan fingerprint density at radius 2 is 1.62 bits per heavy atom. The van der Waals surface area contributed by atoms with Gasteiger partial charge in [0.25, 0.3) is 0 Å². The van der Waals surface area contributed by atoms with Crippen LogP contribution in [0.2, 0.25) is 0 Å². The Morgan fingerprint density at radius 3 is 2.22 bits per heavy atom. The van der Waals surface area contributed by atoms with E-state index in [1.807, 2.05) is 24.3 Å². The number of hydrogen-bond donors (Lipinski definition) is 0. The molecule has 160 valence electrons. The van der Waals surface area contributed by atoms with E-state index >= 15 is 0 Å². The van der Waals surface area contributed by atoms with Crippen LogP contribution in [0.1, 0.15) is 56.1 Å². The molecule has 2 aromatic heterocycles. The van der Waals surface area contributed by atoms with Crippen molar-refractivity contribution in [3.63, 3.8) is 0 Å². The van der Waals surface area contributed by atoms with Crippen molar-refractivity contribution in [2.75, 3.05) is 0 Å². The van der Waals surface area contributed by atoms with Gasteiger partial charge in [-0.05, 0) is 41.5 Å². The largest absolute Gasteiger partial charge is 0.296 e. The van der Waals surface area contributed by atoms with Gasteiger partial charge in [0.1, 0.15) is 5.69 Å². The van der Waals surface area contributed by atoms with Crippen molar-refractivity contribution in [1.82, 2.24) is 9.97 Å². The van der Waals surface area contributed by atoms with Gasteiger partial charge in [0.15, 0.2) is 6.29 Å². The number of carbonyl (C=O) groups excluding carboxylic acids is 1. The van der Waals surface area contributed by atoms with Gasteiger partial charge in [-0.2, -0.15) is 0 Å². The number of fused-ring (bicyclic) bond motifs is 1. The standard InChI is InChI=1S/C29H28N2O/c1-28(2,3)29(15-7-16-29)22-12-10-21(11-13-22)27-23(20-8-5-4-6-9-20)18-24-25(31-27)14-17-30-26(24)19-32/h4-6,8-14,17-19H,7,15-16H2,1-3H3. The molecule has 0 amide bonds. The van der Waals surface area contributed by atoms with Gasteiger partial charge in [-0.15, -0.1) is 0 Å². The molecule has 1 fully saturated rings. The van der Waals surface area contributed by atoms with Crippen LogP contribution < -0.4 is 0 Å². The lowest BCUT2D eigenvalue weighted by Crippen LogP contribution is -2.45. The van der Waals surface area contributed by atoms with Crippen LogP contribution in [0.5, 0.6) is 0 Å². The molecular formula is C29H28N2O. The molecule has 0 radical (unpaired) electrons.